The third-order valence-corrected chi connectivity index (χ3v) is 4.11. The summed E-state index contributed by atoms with van der Waals surface area (Å²) < 4.78 is 0.814. The Labute approximate surface area is 133 Å². The Hall–Kier alpha value is -0.620. The van der Waals surface area contributed by atoms with Crippen molar-refractivity contribution in [3.05, 3.63) is 33.3 Å². The Balaban J connectivity index is 1.77. The fourth-order valence-corrected chi connectivity index (χ4v) is 3.05. The summed E-state index contributed by atoms with van der Waals surface area (Å²) in [6.07, 6.45) is 0. The van der Waals surface area contributed by atoms with Gasteiger partial charge in [-0.05, 0) is 25.2 Å². The summed E-state index contributed by atoms with van der Waals surface area (Å²) in [6, 6.07) is 5.22. The molecule has 1 aliphatic heterocycles. The molecule has 20 heavy (non-hydrogen) atoms. The summed E-state index contributed by atoms with van der Waals surface area (Å²) in [5.41, 5.74) is 0.586. The second-order valence-electron chi connectivity index (χ2n) is 5.06. The number of rotatable bonds is 4. The molecule has 1 aliphatic rings. The molecule has 4 nitrogen and oxygen atoms in total. The maximum absolute atomic E-state index is 12.0. The maximum Gasteiger partial charge on any atom is 0.251 e. The van der Waals surface area contributed by atoms with Crippen molar-refractivity contribution in [3.63, 3.8) is 0 Å². The van der Waals surface area contributed by atoms with Crippen LogP contribution in [0.25, 0.3) is 0 Å². The number of likely N-dealkylation sites (N-methyl/N-ethyl adjacent to an activating group) is 1. The molecule has 0 aromatic heterocycles. The lowest BCUT2D eigenvalue weighted by atomic mass is 10.2. The lowest BCUT2D eigenvalue weighted by molar-refractivity contribution is 0.0941. The summed E-state index contributed by atoms with van der Waals surface area (Å²) in [5, 5.41) is 3.50. The Morgan fingerprint density at radius 3 is 2.65 bits per heavy atom. The molecule has 0 spiro atoms. The zero-order valence-electron chi connectivity index (χ0n) is 11.5. The molecule has 1 aromatic rings. The van der Waals surface area contributed by atoms with Crippen LogP contribution in [0.15, 0.2) is 22.7 Å². The van der Waals surface area contributed by atoms with Gasteiger partial charge < -0.3 is 10.2 Å². The number of carbonyl (C=O) groups excluding carboxylic acids is 1. The highest BCUT2D eigenvalue weighted by molar-refractivity contribution is 9.10. The Morgan fingerprint density at radius 2 is 2.00 bits per heavy atom. The number of hydrogen-bond donors (Lipinski definition) is 1. The van der Waals surface area contributed by atoms with Gasteiger partial charge in [-0.2, -0.15) is 0 Å². The van der Waals surface area contributed by atoms with E-state index in [0.29, 0.717) is 17.1 Å². The quantitative estimate of drug-likeness (QED) is 0.893. The van der Waals surface area contributed by atoms with E-state index < -0.39 is 0 Å². The molecule has 1 amide bonds. The predicted molar refractivity (Wildman–Crippen MR) is 85.4 cm³/mol. The van der Waals surface area contributed by atoms with Gasteiger partial charge in [0.15, 0.2) is 0 Å². The Bertz CT molecular complexity index is 455. The molecule has 0 aliphatic carbocycles. The Kier molecular flexibility index (Phi) is 5.84. The summed E-state index contributed by atoms with van der Waals surface area (Å²) in [6.45, 7) is 5.86. The highest BCUT2D eigenvalue weighted by atomic mass is 79.9. The van der Waals surface area contributed by atoms with Gasteiger partial charge in [0.2, 0.25) is 0 Å². The molecule has 1 fully saturated rings. The van der Waals surface area contributed by atoms with Crippen LogP contribution in [0.1, 0.15) is 10.4 Å². The number of carbonyl (C=O) groups is 1. The first kappa shape index (κ1) is 15.8. The van der Waals surface area contributed by atoms with Gasteiger partial charge in [0.1, 0.15) is 0 Å². The fourth-order valence-electron chi connectivity index (χ4n) is 2.19. The van der Waals surface area contributed by atoms with E-state index in [-0.39, 0.29) is 5.91 Å². The number of piperazine rings is 1. The molecular formula is C14H19BrClN3O. The SMILES string of the molecule is CN1CCN(CCNC(=O)c2cc(Cl)cc(Br)c2)CC1. The molecule has 1 N–H and O–H groups in total. The number of amides is 1. The van der Waals surface area contributed by atoms with Crippen LogP contribution in [0.2, 0.25) is 5.02 Å². The molecule has 0 atom stereocenters. The normalized spacial score (nSPS) is 17.1. The second kappa shape index (κ2) is 7.41. The third-order valence-electron chi connectivity index (χ3n) is 3.43. The van der Waals surface area contributed by atoms with Crippen molar-refractivity contribution < 1.29 is 4.79 Å². The molecule has 1 aromatic carbocycles. The van der Waals surface area contributed by atoms with Crippen LogP contribution in [0.4, 0.5) is 0 Å². The van der Waals surface area contributed by atoms with Crippen molar-refractivity contribution >= 4 is 33.4 Å². The van der Waals surface area contributed by atoms with E-state index in [1.54, 1.807) is 18.2 Å². The highest BCUT2D eigenvalue weighted by Gasteiger charge is 2.13. The molecular weight excluding hydrogens is 342 g/mol. The molecule has 0 saturated carbocycles. The minimum absolute atomic E-state index is 0.0812. The number of nitrogens with zero attached hydrogens (tertiary/aromatic N) is 2. The maximum atomic E-state index is 12.0. The number of nitrogens with one attached hydrogen (secondary N) is 1. The van der Waals surface area contributed by atoms with Crippen molar-refractivity contribution in [2.75, 3.05) is 46.3 Å². The van der Waals surface area contributed by atoms with Gasteiger partial charge in [-0.25, -0.2) is 0 Å². The Morgan fingerprint density at radius 1 is 1.30 bits per heavy atom. The van der Waals surface area contributed by atoms with Gasteiger partial charge in [-0.3, -0.25) is 9.69 Å². The minimum atomic E-state index is -0.0812. The first-order valence-corrected chi connectivity index (χ1v) is 7.87. The molecule has 2 rings (SSSR count). The minimum Gasteiger partial charge on any atom is -0.351 e. The topological polar surface area (TPSA) is 35.6 Å². The highest BCUT2D eigenvalue weighted by Crippen LogP contribution is 2.19. The molecule has 0 unspecified atom stereocenters. The van der Waals surface area contributed by atoms with Gasteiger partial charge in [0.25, 0.3) is 5.91 Å². The van der Waals surface area contributed by atoms with Crippen molar-refractivity contribution in [1.29, 1.82) is 0 Å². The van der Waals surface area contributed by atoms with Gasteiger partial charge in [0.05, 0.1) is 0 Å². The molecule has 0 bridgehead atoms. The smallest absolute Gasteiger partial charge is 0.251 e. The van der Waals surface area contributed by atoms with E-state index in [1.807, 2.05) is 0 Å². The third kappa shape index (κ3) is 4.74. The van der Waals surface area contributed by atoms with Crippen LogP contribution >= 0.6 is 27.5 Å². The van der Waals surface area contributed by atoms with Gasteiger partial charge in [-0.15, -0.1) is 0 Å². The summed E-state index contributed by atoms with van der Waals surface area (Å²) in [4.78, 5) is 16.7. The van der Waals surface area contributed by atoms with E-state index in [2.05, 4.69) is 38.1 Å². The van der Waals surface area contributed by atoms with Crippen molar-refractivity contribution in [2.45, 2.75) is 0 Å². The van der Waals surface area contributed by atoms with Crippen molar-refractivity contribution in [1.82, 2.24) is 15.1 Å². The lowest BCUT2D eigenvalue weighted by Gasteiger charge is -2.32. The predicted octanol–water partition coefficient (Wildman–Crippen LogP) is 2.08. The van der Waals surface area contributed by atoms with Gasteiger partial charge in [0, 0.05) is 54.3 Å². The first-order valence-electron chi connectivity index (χ1n) is 6.70. The standard InChI is InChI=1S/C14H19BrClN3O/c1-18-4-6-19(7-5-18)3-2-17-14(20)11-8-12(15)10-13(16)9-11/h8-10H,2-7H2,1H3,(H,17,20). The lowest BCUT2D eigenvalue weighted by Crippen LogP contribution is -2.46. The average molecular weight is 361 g/mol. The van der Waals surface area contributed by atoms with Crippen LogP contribution in [-0.4, -0.2) is 62.0 Å². The van der Waals surface area contributed by atoms with Crippen LogP contribution in [0, 0.1) is 0 Å². The summed E-state index contributed by atoms with van der Waals surface area (Å²) in [7, 11) is 2.14. The van der Waals surface area contributed by atoms with E-state index in [0.717, 1.165) is 37.2 Å². The molecule has 6 heteroatoms. The fraction of sp³-hybridized carbons (Fsp3) is 0.500. The monoisotopic (exact) mass is 359 g/mol. The number of benzene rings is 1. The molecule has 0 radical (unpaired) electrons. The van der Waals surface area contributed by atoms with Gasteiger partial charge >= 0.3 is 0 Å². The number of halogens is 2. The zero-order valence-corrected chi connectivity index (χ0v) is 13.9. The van der Waals surface area contributed by atoms with Crippen molar-refractivity contribution in [2.24, 2.45) is 0 Å². The number of hydrogen-bond acceptors (Lipinski definition) is 3. The molecule has 110 valence electrons. The van der Waals surface area contributed by atoms with Gasteiger partial charge in [-0.1, -0.05) is 27.5 Å². The average Bonchev–Trinajstić information content (AvgIpc) is 2.40. The van der Waals surface area contributed by atoms with Crippen molar-refractivity contribution in [3.8, 4) is 0 Å². The van der Waals surface area contributed by atoms with E-state index in [9.17, 15) is 4.79 Å². The summed E-state index contributed by atoms with van der Waals surface area (Å²) in [5.74, 6) is -0.0812. The van der Waals surface area contributed by atoms with Crippen LogP contribution < -0.4 is 5.32 Å². The first-order chi connectivity index (χ1) is 9.54. The van der Waals surface area contributed by atoms with Crippen LogP contribution in [-0.2, 0) is 0 Å². The zero-order chi connectivity index (χ0) is 14.5. The second-order valence-corrected chi connectivity index (χ2v) is 6.41. The van der Waals surface area contributed by atoms with E-state index in [1.165, 1.54) is 0 Å². The van der Waals surface area contributed by atoms with E-state index >= 15 is 0 Å². The van der Waals surface area contributed by atoms with Crippen LogP contribution in [0.3, 0.4) is 0 Å². The van der Waals surface area contributed by atoms with Crippen LogP contribution in [0.5, 0.6) is 0 Å². The largest absolute Gasteiger partial charge is 0.351 e. The molecule has 1 heterocycles. The molecule has 1 saturated heterocycles. The van der Waals surface area contributed by atoms with E-state index in [4.69, 9.17) is 11.6 Å². The summed E-state index contributed by atoms with van der Waals surface area (Å²) >= 11 is 9.28.